The summed E-state index contributed by atoms with van der Waals surface area (Å²) < 4.78 is 43.4. The molecule has 0 atom stereocenters. The van der Waals surface area contributed by atoms with Crippen LogP contribution in [0.4, 0.5) is 13.2 Å². The molecule has 1 rings (SSSR count). The highest BCUT2D eigenvalue weighted by Crippen LogP contribution is 2.27. The summed E-state index contributed by atoms with van der Waals surface area (Å²) in [6.07, 6.45) is 0.133. The first kappa shape index (κ1) is 11.8. The van der Waals surface area contributed by atoms with Crippen molar-refractivity contribution in [3.05, 3.63) is 29.1 Å². The average Bonchev–Trinajstić information content (AvgIpc) is 2.23. The molecular formula is C9H10F3NO2. The number of rotatable bonds is 4. The molecule has 1 aromatic carbocycles. The van der Waals surface area contributed by atoms with Crippen molar-refractivity contribution in [3.8, 4) is 5.75 Å². The molecule has 0 amide bonds. The highest BCUT2D eigenvalue weighted by atomic mass is 19.2. The standard InChI is InChI=1S/C9H10F3NO2/c1-14-9-5(2-3-15-13)4-6(10)7(11)8(9)12/h4H,2-3,13H2,1H3. The summed E-state index contributed by atoms with van der Waals surface area (Å²) in [5.74, 6) is 0.285. The van der Waals surface area contributed by atoms with E-state index in [0.29, 0.717) is 0 Å². The molecule has 3 nitrogen and oxygen atoms in total. The van der Waals surface area contributed by atoms with Crippen molar-refractivity contribution < 1.29 is 22.7 Å². The van der Waals surface area contributed by atoms with E-state index in [1.54, 1.807) is 0 Å². The van der Waals surface area contributed by atoms with Crippen LogP contribution in [0, 0.1) is 17.5 Å². The van der Waals surface area contributed by atoms with E-state index in [-0.39, 0.29) is 24.3 Å². The zero-order chi connectivity index (χ0) is 11.4. The van der Waals surface area contributed by atoms with E-state index in [0.717, 1.165) is 6.07 Å². The van der Waals surface area contributed by atoms with Gasteiger partial charge in [-0.1, -0.05) is 0 Å². The monoisotopic (exact) mass is 221 g/mol. The number of methoxy groups -OCH3 is 1. The van der Waals surface area contributed by atoms with Crippen LogP contribution >= 0.6 is 0 Å². The van der Waals surface area contributed by atoms with Gasteiger partial charge in [0.25, 0.3) is 0 Å². The molecule has 0 saturated carbocycles. The molecule has 84 valence electrons. The minimum absolute atomic E-state index is 0.0564. The molecule has 0 radical (unpaired) electrons. The SMILES string of the molecule is COc1c(CCON)cc(F)c(F)c1F. The second kappa shape index (κ2) is 4.99. The quantitative estimate of drug-likeness (QED) is 0.619. The Hall–Kier alpha value is -1.27. The highest BCUT2D eigenvalue weighted by Gasteiger charge is 2.18. The normalized spacial score (nSPS) is 10.5. The first-order chi connectivity index (χ1) is 7.11. The number of hydrogen-bond donors (Lipinski definition) is 1. The summed E-state index contributed by atoms with van der Waals surface area (Å²) in [6.45, 7) is 0.0564. The summed E-state index contributed by atoms with van der Waals surface area (Å²) in [6, 6.07) is 0.857. The summed E-state index contributed by atoms with van der Waals surface area (Å²) in [5, 5.41) is 0. The molecule has 6 heteroatoms. The molecule has 0 aromatic heterocycles. The van der Waals surface area contributed by atoms with E-state index in [1.165, 1.54) is 7.11 Å². The summed E-state index contributed by atoms with van der Waals surface area (Å²) >= 11 is 0. The van der Waals surface area contributed by atoms with Gasteiger partial charge < -0.3 is 9.57 Å². The number of benzene rings is 1. The highest BCUT2D eigenvalue weighted by molar-refractivity contribution is 5.36. The van der Waals surface area contributed by atoms with Crippen LogP contribution in [-0.2, 0) is 11.3 Å². The van der Waals surface area contributed by atoms with Crippen molar-refractivity contribution in [1.29, 1.82) is 0 Å². The van der Waals surface area contributed by atoms with Gasteiger partial charge in [0.15, 0.2) is 17.4 Å². The number of halogens is 3. The molecule has 0 aliphatic heterocycles. The maximum Gasteiger partial charge on any atom is 0.203 e. The molecule has 0 saturated heterocycles. The first-order valence-corrected chi connectivity index (χ1v) is 4.13. The van der Waals surface area contributed by atoms with Crippen molar-refractivity contribution in [1.82, 2.24) is 0 Å². The van der Waals surface area contributed by atoms with Crippen LogP contribution in [0.1, 0.15) is 5.56 Å². The van der Waals surface area contributed by atoms with E-state index in [9.17, 15) is 13.2 Å². The zero-order valence-electron chi connectivity index (χ0n) is 8.02. The molecule has 2 N–H and O–H groups in total. The lowest BCUT2D eigenvalue weighted by atomic mass is 10.1. The molecule has 1 aromatic rings. The van der Waals surface area contributed by atoms with Crippen molar-refractivity contribution in [2.45, 2.75) is 6.42 Å². The van der Waals surface area contributed by atoms with Crippen molar-refractivity contribution in [3.63, 3.8) is 0 Å². The van der Waals surface area contributed by atoms with Gasteiger partial charge in [0, 0.05) is 12.0 Å². The Morgan fingerprint density at radius 3 is 2.47 bits per heavy atom. The third-order valence-electron chi connectivity index (χ3n) is 1.89. The smallest absolute Gasteiger partial charge is 0.203 e. The first-order valence-electron chi connectivity index (χ1n) is 4.13. The molecule has 0 spiro atoms. The summed E-state index contributed by atoms with van der Waals surface area (Å²) in [5.41, 5.74) is 0.166. The number of ether oxygens (including phenoxy) is 1. The Morgan fingerprint density at radius 2 is 1.93 bits per heavy atom. The fourth-order valence-electron chi connectivity index (χ4n) is 1.20. The van der Waals surface area contributed by atoms with Gasteiger partial charge in [0.1, 0.15) is 0 Å². The minimum atomic E-state index is -1.55. The van der Waals surface area contributed by atoms with Crippen LogP contribution in [0.5, 0.6) is 5.75 Å². The van der Waals surface area contributed by atoms with Gasteiger partial charge in [-0.15, -0.1) is 0 Å². The Balaban J connectivity index is 3.13. The van der Waals surface area contributed by atoms with Crippen LogP contribution < -0.4 is 10.6 Å². The lowest BCUT2D eigenvalue weighted by molar-refractivity contribution is 0.140. The van der Waals surface area contributed by atoms with Crippen molar-refractivity contribution in [2.24, 2.45) is 5.90 Å². The van der Waals surface area contributed by atoms with Gasteiger partial charge in [-0.3, -0.25) is 0 Å². The van der Waals surface area contributed by atoms with Crippen LogP contribution in [0.2, 0.25) is 0 Å². The molecular weight excluding hydrogens is 211 g/mol. The van der Waals surface area contributed by atoms with Crippen LogP contribution in [0.25, 0.3) is 0 Å². The maximum atomic E-state index is 13.1. The second-order valence-electron chi connectivity index (χ2n) is 2.80. The molecule has 15 heavy (non-hydrogen) atoms. The summed E-state index contributed by atoms with van der Waals surface area (Å²) in [4.78, 5) is 4.26. The molecule has 0 bridgehead atoms. The lowest BCUT2D eigenvalue weighted by Crippen LogP contribution is -2.07. The molecule has 0 aliphatic rings. The molecule has 0 aliphatic carbocycles. The minimum Gasteiger partial charge on any atom is -0.493 e. The summed E-state index contributed by atoms with van der Waals surface area (Å²) in [7, 11) is 1.17. The largest absolute Gasteiger partial charge is 0.493 e. The van der Waals surface area contributed by atoms with Crippen molar-refractivity contribution >= 4 is 0 Å². The van der Waals surface area contributed by atoms with Gasteiger partial charge in [-0.25, -0.2) is 14.7 Å². The Morgan fingerprint density at radius 1 is 1.27 bits per heavy atom. The predicted molar refractivity (Wildman–Crippen MR) is 46.7 cm³/mol. The third-order valence-corrected chi connectivity index (χ3v) is 1.89. The fraction of sp³-hybridized carbons (Fsp3) is 0.333. The van der Waals surface area contributed by atoms with Crippen LogP contribution in [-0.4, -0.2) is 13.7 Å². The van der Waals surface area contributed by atoms with Gasteiger partial charge in [0.2, 0.25) is 5.82 Å². The van der Waals surface area contributed by atoms with E-state index in [1.807, 2.05) is 0 Å². The van der Waals surface area contributed by atoms with Gasteiger partial charge in [-0.2, -0.15) is 4.39 Å². The van der Waals surface area contributed by atoms with Gasteiger partial charge in [0.05, 0.1) is 13.7 Å². The van der Waals surface area contributed by atoms with E-state index in [4.69, 9.17) is 5.90 Å². The molecule has 0 fully saturated rings. The van der Waals surface area contributed by atoms with Crippen molar-refractivity contribution in [2.75, 3.05) is 13.7 Å². The Bertz CT molecular complexity index is 358. The molecule has 0 unspecified atom stereocenters. The Labute approximate surface area is 84.5 Å². The average molecular weight is 221 g/mol. The third kappa shape index (κ3) is 2.40. The van der Waals surface area contributed by atoms with E-state index < -0.39 is 17.5 Å². The molecule has 0 heterocycles. The van der Waals surface area contributed by atoms with Gasteiger partial charge >= 0.3 is 0 Å². The topological polar surface area (TPSA) is 44.5 Å². The second-order valence-corrected chi connectivity index (χ2v) is 2.80. The number of hydrogen-bond acceptors (Lipinski definition) is 3. The van der Waals surface area contributed by atoms with Crippen LogP contribution in [0.3, 0.4) is 0 Å². The van der Waals surface area contributed by atoms with E-state index >= 15 is 0 Å². The van der Waals surface area contributed by atoms with Gasteiger partial charge in [-0.05, 0) is 6.07 Å². The lowest BCUT2D eigenvalue weighted by Gasteiger charge is -2.09. The zero-order valence-corrected chi connectivity index (χ0v) is 8.02. The Kier molecular flexibility index (Phi) is 3.93. The maximum absolute atomic E-state index is 13.1. The predicted octanol–water partition coefficient (Wildman–Crippen LogP) is 1.55. The van der Waals surface area contributed by atoms with E-state index in [2.05, 4.69) is 9.57 Å². The van der Waals surface area contributed by atoms with Crippen LogP contribution in [0.15, 0.2) is 6.07 Å². The fourth-order valence-corrected chi connectivity index (χ4v) is 1.20. The number of nitrogens with two attached hydrogens (primary N) is 1.